The molecule has 3 atom stereocenters. The lowest BCUT2D eigenvalue weighted by Crippen LogP contribution is -2.51. The van der Waals surface area contributed by atoms with Crippen molar-refractivity contribution in [1.82, 2.24) is 15.5 Å². The standard InChI is InChI=1S/C20H35N3O.2ClH/c24-20(19-14-15-6-4-5-9-18(15)22-19)21-16-10-12-23(13-11-16)17-7-2-1-3-8-17;;/h15-19,22H,1-14H2,(H,21,24);2*1H. The number of likely N-dealkylation sites (tertiary alicyclic amines) is 1. The van der Waals surface area contributed by atoms with Gasteiger partial charge < -0.3 is 15.5 Å². The number of nitrogens with one attached hydrogen (secondary N) is 2. The third-order valence-corrected chi connectivity index (χ3v) is 7.15. The summed E-state index contributed by atoms with van der Waals surface area (Å²) in [5, 5.41) is 6.99. The van der Waals surface area contributed by atoms with Gasteiger partial charge in [-0.3, -0.25) is 4.79 Å². The topological polar surface area (TPSA) is 44.4 Å². The molecule has 0 bridgehead atoms. The minimum Gasteiger partial charge on any atom is -0.352 e. The Hall–Kier alpha value is -0.0300. The first-order valence-electron chi connectivity index (χ1n) is 10.6. The highest BCUT2D eigenvalue weighted by Gasteiger charge is 2.38. The summed E-state index contributed by atoms with van der Waals surface area (Å²) in [6, 6.07) is 1.92. The zero-order valence-electron chi connectivity index (χ0n) is 16.0. The number of hydrogen-bond acceptors (Lipinski definition) is 3. The van der Waals surface area contributed by atoms with Gasteiger partial charge in [0.25, 0.3) is 0 Å². The number of hydrogen-bond donors (Lipinski definition) is 2. The van der Waals surface area contributed by atoms with Crippen LogP contribution in [-0.4, -0.2) is 48.1 Å². The zero-order valence-corrected chi connectivity index (χ0v) is 17.6. The van der Waals surface area contributed by atoms with Gasteiger partial charge in [0.05, 0.1) is 6.04 Å². The second kappa shape index (κ2) is 10.5. The van der Waals surface area contributed by atoms with Crippen molar-refractivity contribution in [2.75, 3.05) is 13.1 Å². The van der Waals surface area contributed by atoms with E-state index in [4.69, 9.17) is 0 Å². The Balaban J connectivity index is 0.00000121. The maximum absolute atomic E-state index is 12.7. The monoisotopic (exact) mass is 405 g/mol. The average Bonchev–Trinajstić information content (AvgIpc) is 3.07. The van der Waals surface area contributed by atoms with Gasteiger partial charge in [0.15, 0.2) is 0 Å². The molecule has 2 heterocycles. The highest BCUT2D eigenvalue weighted by Crippen LogP contribution is 2.33. The van der Waals surface area contributed by atoms with Crippen LogP contribution in [0.4, 0.5) is 0 Å². The van der Waals surface area contributed by atoms with E-state index in [1.807, 2.05) is 0 Å². The lowest BCUT2D eigenvalue weighted by Gasteiger charge is -2.39. The molecule has 0 aromatic rings. The second-order valence-corrected chi connectivity index (χ2v) is 8.72. The van der Waals surface area contributed by atoms with Gasteiger partial charge in [-0.15, -0.1) is 24.8 Å². The molecule has 3 unspecified atom stereocenters. The number of halogens is 2. The van der Waals surface area contributed by atoms with Crippen LogP contribution < -0.4 is 10.6 Å². The maximum atomic E-state index is 12.7. The van der Waals surface area contributed by atoms with E-state index < -0.39 is 0 Å². The molecular weight excluding hydrogens is 369 g/mol. The van der Waals surface area contributed by atoms with Gasteiger partial charge >= 0.3 is 0 Å². The smallest absolute Gasteiger partial charge is 0.237 e. The fourth-order valence-corrected chi connectivity index (χ4v) is 5.68. The van der Waals surface area contributed by atoms with Gasteiger partial charge in [-0.1, -0.05) is 32.1 Å². The molecule has 0 aromatic carbocycles. The molecule has 4 aliphatic rings. The molecular formula is C20H37Cl2N3O. The van der Waals surface area contributed by atoms with E-state index in [9.17, 15) is 4.79 Å². The Morgan fingerprint density at radius 2 is 1.50 bits per heavy atom. The number of rotatable bonds is 3. The van der Waals surface area contributed by atoms with Gasteiger partial charge in [0, 0.05) is 31.2 Å². The Bertz CT molecular complexity index is 423. The molecule has 6 heteroatoms. The first-order chi connectivity index (χ1) is 11.8. The summed E-state index contributed by atoms with van der Waals surface area (Å²) in [5.41, 5.74) is 0. The Kier molecular flexibility index (Phi) is 8.99. The minimum atomic E-state index is 0. The predicted octanol–water partition coefficient (Wildman–Crippen LogP) is 3.66. The van der Waals surface area contributed by atoms with E-state index in [1.54, 1.807) is 0 Å². The molecule has 2 saturated carbocycles. The van der Waals surface area contributed by atoms with Crippen molar-refractivity contribution in [3.8, 4) is 0 Å². The van der Waals surface area contributed by atoms with Crippen molar-refractivity contribution in [2.24, 2.45) is 5.92 Å². The highest BCUT2D eigenvalue weighted by molar-refractivity contribution is 5.85. The second-order valence-electron chi connectivity index (χ2n) is 8.72. The SMILES string of the molecule is Cl.Cl.O=C(NC1CCN(C2CCCCC2)CC1)C1CC2CCCCC2N1. The lowest BCUT2D eigenvalue weighted by atomic mass is 9.85. The summed E-state index contributed by atoms with van der Waals surface area (Å²) in [6.07, 6.45) is 15.7. The third kappa shape index (κ3) is 5.27. The van der Waals surface area contributed by atoms with Gasteiger partial charge in [0.2, 0.25) is 5.91 Å². The molecule has 2 N–H and O–H groups in total. The van der Waals surface area contributed by atoms with Gasteiger partial charge in [-0.25, -0.2) is 0 Å². The molecule has 4 fully saturated rings. The van der Waals surface area contributed by atoms with Crippen LogP contribution in [0.5, 0.6) is 0 Å². The Labute approximate surface area is 171 Å². The molecule has 2 aliphatic heterocycles. The maximum Gasteiger partial charge on any atom is 0.237 e. The summed E-state index contributed by atoms with van der Waals surface area (Å²) in [6.45, 7) is 2.36. The van der Waals surface area contributed by atoms with Crippen molar-refractivity contribution < 1.29 is 4.79 Å². The van der Waals surface area contributed by atoms with Crippen molar-refractivity contribution in [1.29, 1.82) is 0 Å². The normalized spacial score (nSPS) is 33.6. The van der Waals surface area contributed by atoms with E-state index >= 15 is 0 Å². The fraction of sp³-hybridized carbons (Fsp3) is 0.950. The van der Waals surface area contributed by atoms with E-state index in [-0.39, 0.29) is 36.8 Å². The molecule has 0 spiro atoms. The number of carbonyl (C=O) groups is 1. The summed E-state index contributed by atoms with van der Waals surface area (Å²) in [4.78, 5) is 15.4. The Morgan fingerprint density at radius 3 is 2.19 bits per heavy atom. The molecule has 152 valence electrons. The fourth-order valence-electron chi connectivity index (χ4n) is 5.68. The van der Waals surface area contributed by atoms with Crippen molar-refractivity contribution in [2.45, 2.75) is 101 Å². The quantitative estimate of drug-likeness (QED) is 0.752. The van der Waals surface area contributed by atoms with Crippen LogP contribution in [-0.2, 0) is 4.79 Å². The lowest BCUT2D eigenvalue weighted by molar-refractivity contribution is -0.124. The van der Waals surface area contributed by atoms with Crippen LogP contribution in [0.3, 0.4) is 0 Å². The minimum absolute atomic E-state index is 0. The first-order valence-corrected chi connectivity index (χ1v) is 10.6. The summed E-state index contributed by atoms with van der Waals surface area (Å²) in [5.74, 6) is 1.03. The highest BCUT2D eigenvalue weighted by atomic mass is 35.5. The number of fused-ring (bicyclic) bond motifs is 1. The van der Waals surface area contributed by atoms with Gasteiger partial charge in [0.1, 0.15) is 0 Å². The van der Waals surface area contributed by atoms with Gasteiger partial charge in [-0.05, 0) is 50.9 Å². The largest absolute Gasteiger partial charge is 0.352 e. The molecule has 0 radical (unpaired) electrons. The van der Waals surface area contributed by atoms with Crippen LogP contribution in [0.15, 0.2) is 0 Å². The summed E-state index contributed by atoms with van der Waals surface area (Å²) < 4.78 is 0. The number of amides is 1. The van der Waals surface area contributed by atoms with Gasteiger partial charge in [-0.2, -0.15) is 0 Å². The van der Waals surface area contributed by atoms with E-state index in [0.717, 1.165) is 31.2 Å². The van der Waals surface area contributed by atoms with Crippen molar-refractivity contribution in [3.05, 3.63) is 0 Å². The van der Waals surface area contributed by atoms with E-state index in [2.05, 4.69) is 15.5 Å². The van der Waals surface area contributed by atoms with E-state index in [0.29, 0.717) is 12.1 Å². The van der Waals surface area contributed by atoms with Crippen LogP contribution in [0, 0.1) is 5.92 Å². The van der Waals surface area contributed by atoms with Crippen LogP contribution in [0.25, 0.3) is 0 Å². The molecule has 4 nitrogen and oxygen atoms in total. The summed E-state index contributed by atoms with van der Waals surface area (Å²) in [7, 11) is 0. The number of carbonyl (C=O) groups excluding carboxylic acids is 1. The van der Waals surface area contributed by atoms with Crippen molar-refractivity contribution in [3.63, 3.8) is 0 Å². The molecule has 26 heavy (non-hydrogen) atoms. The Morgan fingerprint density at radius 1 is 0.846 bits per heavy atom. The number of nitrogens with zero attached hydrogens (tertiary/aromatic N) is 1. The molecule has 2 saturated heterocycles. The van der Waals surface area contributed by atoms with Crippen LogP contribution >= 0.6 is 24.8 Å². The molecule has 0 aromatic heterocycles. The first kappa shape index (κ1) is 22.3. The van der Waals surface area contributed by atoms with Crippen LogP contribution in [0.1, 0.15) is 77.0 Å². The summed E-state index contributed by atoms with van der Waals surface area (Å²) >= 11 is 0. The van der Waals surface area contributed by atoms with Crippen molar-refractivity contribution >= 4 is 30.7 Å². The molecule has 2 aliphatic carbocycles. The zero-order chi connectivity index (χ0) is 16.4. The average molecular weight is 406 g/mol. The molecule has 4 rings (SSSR count). The number of piperidine rings is 1. The van der Waals surface area contributed by atoms with E-state index in [1.165, 1.54) is 70.9 Å². The third-order valence-electron chi connectivity index (χ3n) is 7.15. The predicted molar refractivity (Wildman–Crippen MR) is 111 cm³/mol. The molecule has 1 amide bonds. The van der Waals surface area contributed by atoms with Crippen LogP contribution in [0.2, 0.25) is 0 Å².